The van der Waals surface area contributed by atoms with Crippen LogP contribution in [0.15, 0.2) is 16.6 Å². The molecule has 1 aromatic carbocycles. The molecular weight excluding hydrogens is 259 g/mol. The Morgan fingerprint density at radius 3 is 2.60 bits per heavy atom. The SMILES string of the molecule is CC(C)CN(C)c1cc(F)c(Br)cc1N. The van der Waals surface area contributed by atoms with Crippen LogP contribution >= 0.6 is 15.9 Å². The maximum Gasteiger partial charge on any atom is 0.139 e. The van der Waals surface area contributed by atoms with Crippen molar-refractivity contribution < 1.29 is 4.39 Å². The first-order valence-corrected chi connectivity index (χ1v) is 5.66. The first-order chi connectivity index (χ1) is 6.91. The van der Waals surface area contributed by atoms with E-state index in [-0.39, 0.29) is 5.82 Å². The van der Waals surface area contributed by atoms with Crippen molar-refractivity contribution in [3.05, 3.63) is 22.4 Å². The number of hydrogen-bond donors (Lipinski definition) is 1. The molecule has 15 heavy (non-hydrogen) atoms. The number of hydrogen-bond acceptors (Lipinski definition) is 2. The average molecular weight is 275 g/mol. The van der Waals surface area contributed by atoms with Crippen LogP contribution in [0.25, 0.3) is 0 Å². The molecule has 0 spiro atoms. The van der Waals surface area contributed by atoms with E-state index in [0.29, 0.717) is 16.1 Å². The average Bonchev–Trinajstić information content (AvgIpc) is 2.09. The van der Waals surface area contributed by atoms with Crippen LogP contribution in [0, 0.1) is 11.7 Å². The molecule has 0 saturated carbocycles. The molecule has 0 aliphatic heterocycles. The predicted molar refractivity (Wildman–Crippen MR) is 66.6 cm³/mol. The van der Waals surface area contributed by atoms with Gasteiger partial charge in [-0.1, -0.05) is 13.8 Å². The summed E-state index contributed by atoms with van der Waals surface area (Å²) in [6.45, 7) is 5.08. The maximum atomic E-state index is 13.3. The van der Waals surface area contributed by atoms with Crippen LogP contribution in [-0.2, 0) is 0 Å². The molecule has 0 aliphatic rings. The minimum absolute atomic E-state index is 0.283. The Hall–Kier alpha value is -0.770. The molecule has 4 heteroatoms. The first kappa shape index (κ1) is 12.3. The van der Waals surface area contributed by atoms with Crippen LogP contribution in [-0.4, -0.2) is 13.6 Å². The van der Waals surface area contributed by atoms with Crippen molar-refractivity contribution in [1.29, 1.82) is 0 Å². The van der Waals surface area contributed by atoms with Crippen molar-refractivity contribution in [2.24, 2.45) is 5.92 Å². The molecular formula is C11H16BrFN2. The molecule has 0 heterocycles. The lowest BCUT2D eigenvalue weighted by atomic mass is 10.2. The third-order valence-corrected chi connectivity index (χ3v) is 2.73. The zero-order chi connectivity index (χ0) is 11.6. The molecule has 0 bridgehead atoms. The molecule has 0 aromatic heterocycles. The molecule has 0 aliphatic carbocycles. The molecule has 1 aromatic rings. The molecule has 0 atom stereocenters. The number of nitrogens with two attached hydrogens (primary N) is 1. The summed E-state index contributed by atoms with van der Waals surface area (Å²) in [6, 6.07) is 3.06. The topological polar surface area (TPSA) is 29.3 Å². The number of nitrogens with zero attached hydrogens (tertiary/aromatic N) is 1. The zero-order valence-electron chi connectivity index (χ0n) is 9.22. The van der Waals surface area contributed by atoms with Crippen molar-refractivity contribution in [2.45, 2.75) is 13.8 Å². The Labute approximate surface area is 98.4 Å². The molecule has 84 valence electrons. The Bertz CT molecular complexity index is 353. The molecule has 2 nitrogen and oxygen atoms in total. The molecule has 0 amide bonds. The lowest BCUT2D eigenvalue weighted by molar-refractivity contribution is 0.614. The van der Waals surface area contributed by atoms with E-state index in [1.807, 2.05) is 11.9 Å². The van der Waals surface area contributed by atoms with E-state index in [0.717, 1.165) is 12.2 Å². The van der Waals surface area contributed by atoms with Crippen molar-refractivity contribution in [3.63, 3.8) is 0 Å². The second-order valence-electron chi connectivity index (χ2n) is 4.10. The second-order valence-corrected chi connectivity index (χ2v) is 4.95. The number of halogens is 2. The van der Waals surface area contributed by atoms with Gasteiger partial charge in [0.1, 0.15) is 5.82 Å². The van der Waals surface area contributed by atoms with Gasteiger partial charge in [0.05, 0.1) is 15.8 Å². The Morgan fingerprint density at radius 2 is 2.07 bits per heavy atom. The Kier molecular flexibility index (Phi) is 3.97. The summed E-state index contributed by atoms with van der Waals surface area (Å²) in [6.07, 6.45) is 0. The fourth-order valence-corrected chi connectivity index (χ4v) is 1.89. The standard InChI is InChI=1S/C11H16BrFN2/c1-7(2)6-15(3)11-5-9(13)8(12)4-10(11)14/h4-5,7H,6,14H2,1-3H3. The largest absolute Gasteiger partial charge is 0.397 e. The van der Waals surface area contributed by atoms with E-state index in [1.54, 1.807) is 6.07 Å². The number of benzene rings is 1. The van der Waals surface area contributed by atoms with E-state index in [2.05, 4.69) is 29.8 Å². The summed E-state index contributed by atoms with van der Waals surface area (Å²) in [5, 5.41) is 0. The van der Waals surface area contributed by atoms with Crippen LogP contribution in [0.2, 0.25) is 0 Å². The summed E-state index contributed by atoms with van der Waals surface area (Å²) in [4.78, 5) is 1.97. The lowest BCUT2D eigenvalue weighted by Crippen LogP contribution is -2.23. The van der Waals surface area contributed by atoms with Gasteiger partial charge in [0.25, 0.3) is 0 Å². The summed E-state index contributed by atoms with van der Waals surface area (Å²) in [5.41, 5.74) is 7.16. The highest BCUT2D eigenvalue weighted by Crippen LogP contribution is 2.29. The fraction of sp³-hybridized carbons (Fsp3) is 0.455. The smallest absolute Gasteiger partial charge is 0.139 e. The van der Waals surface area contributed by atoms with E-state index in [4.69, 9.17) is 5.73 Å². The van der Waals surface area contributed by atoms with Crippen LogP contribution in [0.3, 0.4) is 0 Å². The minimum Gasteiger partial charge on any atom is -0.397 e. The van der Waals surface area contributed by atoms with Gasteiger partial charge < -0.3 is 10.6 Å². The zero-order valence-corrected chi connectivity index (χ0v) is 10.8. The van der Waals surface area contributed by atoms with Crippen LogP contribution in [0.1, 0.15) is 13.8 Å². The van der Waals surface area contributed by atoms with Crippen molar-refractivity contribution in [2.75, 3.05) is 24.2 Å². The van der Waals surface area contributed by atoms with Crippen molar-refractivity contribution in [3.8, 4) is 0 Å². The molecule has 2 N–H and O–H groups in total. The minimum atomic E-state index is -0.283. The van der Waals surface area contributed by atoms with E-state index in [1.165, 1.54) is 6.07 Å². The van der Waals surface area contributed by atoms with Crippen molar-refractivity contribution >= 4 is 27.3 Å². The monoisotopic (exact) mass is 274 g/mol. The third-order valence-electron chi connectivity index (χ3n) is 2.12. The third kappa shape index (κ3) is 3.09. The van der Waals surface area contributed by atoms with E-state index < -0.39 is 0 Å². The van der Waals surface area contributed by atoms with Gasteiger partial charge >= 0.3 is 0 Å². The second kappa shape index (κ2) is 4.84. The summed E-state index contributed by atoms with van der Waals surface area (Å²) < 4.78 is 13.7. The molecule has 0 unspecified atom stereocenters. The Morgan fingerprint density at radius 1 is 1.47 bits per heavy atom. The van der Waals surface area contributed by atoms with E-state index >= 15 is 0 Å². The van der Waals surface area contributed by atoms with Gasteiger partial charge in [-0.05, 0) is 27.9 Å². The summed E-state index contributed by atoms with van der Waals surface area (Å²) >= 11 is 3.11. The fourth-order valence-electron chi connectivity index (χ4n) is 1.53. The van der Waals surface area contributed by atoms with E-state index in [9.17, 15) is 4.39 Å². The molecule has 0 saturated heterocycles. The van der Waals surface area contributed by atoms with Crippen LogP contribution < -0.4 is 10.6 Å². The van der Waals surface area contributed by atoms with Crippen LogP contribution in [0.4, 0.5) is 15.8 Å². The number of anilines is 2. The van der Waals surface area contributed by atoms with Gasteiger partial charge in [-0.25, -0.2) is 4.39 Å². The van der Waals surface area contributed by atoms with Gasteiger partial charge in [-0.3, -0.25) is 0 Å². The summed E-state index contributed by atoms with van der Waals surface area (Å²) in [7, 11) is 1.92. The number of nitrogen functional groups attached to an aromatic ring is 1. The number of rotatable bonds is 3. The quantitative estimate of drug-likeness (QED) is 0.858. The molecule has 1 rings (SSSR count). The van der Waals surface area contributed by atoms with Gasteiger partial charge in [0, 0.05) is 19.7 Å². The summed E-state index contributed by atoms with van der Waals surface area (Å²) in [5.74, 6) is 0.232. The Balaban J connectivity index is 2.98. The molecule has 0 radical (unpaired) electrons. The van der Waals surface area contributed by atoms with Crippen LogP contribution in [0.5, 0.6) is 0 Å². The highest BCUT2D eigenvalue weighted by atomic mass is 79.9. The highest BCUT2D eigenvalue weighted by Gasteiger charge is 2.10. The normalized spacial score (nSPS) is 10.8. The molecule has 0 fully saturated rings. The maximum absolute atomic E-state index is 13.3. The van der Waals surface area contributed by atoms with Gasteiger partial charge in [0.15, 0.2) is 0 Å². The van der Waals surface area contributed by atoms with Gasteiger partial charge in [-0.15, -0.1) is 0 Å². The van der Waals surface area contributed by atoms with Gasteiger partial charge in [-0.2, -0.15) is 0 Å². The first-order valence-electron chi connectivity index (χ1n) is 4.87. The van der Waals surface area contributed by atoms with Crippen molar-refractivity contribution in [1.82, 2.24) is 0 Å². The van der Waals surface area contributed by atoms with Gasteiger partial charge in [0.2, 0.25) is 0 Å². The predicted octanol–water partition coefficient (Wildman–Crippen LogP) is 3.26. The lowest BCUT2D eigenvalue weighted by Gasteiger charge is -2.23. The highest BCUT2D eigenvalue weighted by molar-refractivity contribution is 9.10.